The van der Waals surface area contributed by atoms with Gasteiger partial charge in [-0.1, -0.05) is 0 Å². The first kappa shape index (κ1) is 4.77. The topological polar surface area (TPSA) is 12.5 Å². The molecule has 0 amide bonds. The zero-order chi connectivity index (χ0) is 5.56. The molecule has 8 heavy (non-hydrogen) atoms. The molecule has 0 aliphatic carbocycles. The van der Waals surface area contributed by atoms with E-state index in [4.69, 9.17) is 4.74 Å². The Labute approximate surface area is 49.4 Å². The molecule has 2 nitrogen and oxygen atoms in total. The van der Waals surface area contributed by atoms with Crippen molar-refractivity contribution in [3.8, 4) is 0 Å². The van der Waals surface area contributed by atoms with Crippen LogP contribution in [0.5, 0.6) is 0 Å². The van der Waals surface area contributed by atoms with Gasteiger partial charge in [0.1, 0.15) is 0 Å². The summed E-state index contributed by atoms with van der Waals surface area (Å²) in [5.41, 5.74) is 0. The smallest absolute Gasteiger partial charge is 0.0731 e. The number of likely N-dealkylation sites (N-methyl/N-ethyl adjacent to an activating group) is 1. The monoisotopic (exact) mass is 113 g/mol. The number of ether oxygens (including phenoxy) is 1. The lowest BCUT2D eigenvalue weighted by atomic mass is 10.00. The summed E-state index contributed by atoms with van der Waals surface area (Å²) in [7, 11) is 2.15. The number of piperidine rings is 1. The third-order valence-electron chi connectivity index (χ3n) is 1.94. The van der Waals surface area contributed by atoms with Crippen molar-refractivity contribution < 1.29 is 4.74 Å². The van der Waals surface area contributed by atoms with Gasteiger partial charge in [-0.2, -0.15) is 0 Å². The molecule has 0 aromatic heterocycles. The van der Waals surface area contributed by atoms with Gasteiger partial charge in [-0.05, 0) is 7.05 Å². The molecule has 0 aromatic rings. The first-order valence-corrected chi connectivity index (χ1v) is 3.18. The fourth-order valence-corrected chi connectivity index (χ4v) is 1.56. The van der Waals surface area contributed by atoms with Crippen LogP contribution in [0.15, 0.2) is 0 Å². The Morgan fingerprint density at radius 1 is 1.38 bits per heavy atom. The van der Waals surface area contributed by atoms with Gasteiger partial charge in [-0.15, -0.1) is 0 Å². The van der Waals surface area contributed by atoms with Crippen molar-refractivity contribution in [2.75, 3.05) is 20.1 Å². The summed E-state index contributed by atoms with van der Waals surface area (Å²) < 4.78 is 5.40. The van der Waals surface area contributed by atoms with Crippen molar-refractivity contribution in [2.24, 2.45) is 0 Å². The fourth-order valence-electron chi connectivity index (χ4n) is 1.56. The van der Waals surface area contributed by atoms with Gasteiger partial charge in [0.25, 0.3) is 0 Å². The van der Waals surface area contributed by atoms with Crippen molar-refractivity contribution in [1.29, 1.82) is 0 Å². The Hall–Kier alpha value is -0.0800. The van der Waals surface area contributed by atoms with E-state index < -0.39 is 0 Å². The fraction of sp³-hybridized carbons (Fsp3) is 1.00. The van der Waals surface area contributed by atoms with Gasteiger partial charge >= 0.3 is 0 Å². The molecule has 0 unspecified atom stereocenters. The minimum absolute atomic E-state index is 0.582. The molecule has 0 N–H and O–H groups in total. The van der Waals surface area contributed by atoms with E-state index in [0.29, 0.717) is 12.2 Å². The van der Waals surface area contributed by atoms with Gasteiger partial charge in [-0.3, -0.25) is 0 Å². The molecule has 0 aromatic carbocycles. The highest BCUT2D eigenvalue weighted by atomic mass is 16.5. The highest BCUT2D eigenvalue weighted by Crippen LogP contribution is 2.26. The first-order valence-electron chi connectivity index (χ1n) is 3.18. The van der Waals surface area contributed by atoms with Crippen LogP contribution in [0.2, 0.25) is 0 Å². The zero-order valence-corrected chi connectivity index (χ0v) is 5.13. The van der Waals surface area contributed by atoms with Gasteiger partial charge in [0.15, 0.2) is 0 Å². The highest BCUT2D eigenvalue weighted by molar-refractivity contribution is 4.87. The molecule has 3 aliphatic rings. The lowest BCUT2D eigenvalue weighted by Gasteiger charge is -2.45. The normalized spacial score (nSPS) is 46.1. The average molecular weight is 113 g/mol. The van der Waals surface area contributed by atoms with Gasteiger partial charge in [-0.25, -0.2) is 0 Å². The zero-order valence-electron chi connectivity index (χ0n) is 5.13. The first-order chi connectivity index (χ1) is 3.84. The van der Waals surface area contributed by atoms with E-state index in [1.54, 1.807) is 0 Å². The predicted molar refractivity (Wildman–Crippen MR) is 30.8 cm³/mol. The van der Waals surface area contributed by atoms with Gasteiger partial charge in [0.05, 0.1) is 12.2 Å². The Balaban J connectivity index is 1.97. The van der Waals surface area contributed by atoms with E-state index in [2.05, 4.69) is 11.9 Å². The van der Waals surface area contributed by atoms with Crippen LogP contribution in [0.25, 0.3) is 0 Å². The summed E-state index contributed by atoms with van der Waals surface area (Å²) in [6, 6.07) is 0. The second kappa shape index (κ2) is 1.45. The van der Waals surface area contributed by atoms with Gasteiger partial charge in [0.2, 0.25) is 0 Å². The van der Waals surface area contributed by atoms with E-state index in [0.717, 1.165) is 13.1 Å². The molecule has 2 atom stereocenters. The molecule has 0 saturated carbocycles. The molecule has 3 rings (SSSR count). The number of nitrogens with zero attached hydrogens (tertiary/aromatic N) is 1. The largest absolute Gasteiger partial charge is 0.372 e. The number of hydrogen-bond acceptors (Lipinski definition) is 2. The van der Waals surface area contributed by atoms with Crippen molar-refractivity contribution in [3.63, 3.8) is 0 Å². The minimum atomic E-state index is 0.582. The van der Waals surface area contributed by atoms with Crippen LogP contribution in [0, 0.1) is 0 Å². The van der Waals surface area contributed by atoms with Crippen molar-refractivity contribution in [1.82, 2.24) is 4.90 Å². The molecule has 3 fully saturated rings. The molecule has 3 heterocycles. The second-order valence-corrected chi connectivity index (χ2v) is 2.84. The van der Waals surface area contributed by atoms with E-state index >= 15 is 0 Å². The van der Waals surface area contributed by atoms with Crippen LogP contribution in [0.3, 0.4) is 0 Å². The van der Waals surface area contributed by atoms with Crippen molar-refractivity contribution >= 4 is 0 Å². The van der Waals surface area contributed by atoms with Crippen LogP contribution in [0.4, 0.5) is 0 Å². The second-order valence-electron chi connectivity index (χ2n) is 2.84. The third-order valence-corrected chi connectivity index (χ3v) is 1.94. The summed E-state index contributed by atoms with van der Waals surface area (Å²) in [4.78, 5) is 2.34. The Bertz CT molecular complexity index is 88.7. The summed E-state index contributed by atoms with van der Waals surface area (Å²) in [6.45, 7) is 2.30. The molecule has 3 aliphatic heterocycles. The van der Waals surface area contributed by atoms with E-state index in [9.17, 15) is 0 Å². The Morgan fingerprint density at radius 2 is 1.88 bits per heavy atom. The van der Waals surface area contributed by atoms with Crippen LogP contribution < -0.4 is 0 Å². The summed E-state index contributed by atoms with van der Waals surface area (Å²) in [6.07, 6.45) is 2.47. The molecule has 3 saturated heterocycles. The molecule has 46 valence electrons. The number of hydrogen-bond donors (Lipinski definition) is 0. The molecular weight excluding hydrogens is 102 g/mol. The number of morpholine rings is 1. The van der Waals surface area contributed by atoms with Gasteiger partial charge < -0.3 is 9.64 Å². The molecule has 0 spiro atoms. The quantitative estimate of drug-likeness (QED) is 0.441. The van der Waals surface area contributed by atoms with Crippen molar-refractivity contribution in [3.05, 3.63) is 0 Å². The third kappa shape index (κ3) is 0.565. The summed E-state index contributed by atoms with van der Waals surface area (Å²) in [5.74, 6) is 0. The number of rotatable bonds is 0. The maximum Gasteiger partial charge on any atom is 0.0731 e. The summed E-state index contributed by atoms with van der Waals surface area (Å²) >= 11 is 0. The van der Waals surface area contributed by atoms with Crippen molar-refractivity contribution in [2.45, 2.75) is 18.6 Å². The SMILES string of the molecule is CN1C[C@H]2C[C@@H](C1)O2. The Kier molecular flexibility index (Phi) is 0.866. The van der Waals surface area contributed by atoms with Crippen LogP contribution in [-0.4, -0.2) is 37.2 Å². The average Bonchev–Trinajstić information content (AvgIpc) is 1.62. The molecule has 2 bridgehead atoms. The maximum absolute atomic E-state index is 5.40. The standard InChI is InChI=1S/C6H11NO/c1-7-3-5-2-6(4-7)8-5/h5-6H,2-4H2,1H3/t5-,6+. The maximum atomic E-state index is 5.40. The summed E-state index contributed by atoms with van der Waals surface area (Å²) in [5, 5.41) is 0. The lowest BCUT2D eigenvalue weighted by Crippen LogP contribution is -2.55. The van der Waals surface area contributed by atoms with Crippen LogP contribution >= 0.6 is 0 Å². The lowest BCUT2D eigenvalue weighted by molar-refractivity contribution is -0.175. The highest BCUT2D eigenvalue weighted by Gasteiger charge is 2.36. The minimum Gasteiger partial charge on any atom is -0.372 e. The Morgan fingerprint density at radius 3 is 2.12 bits per heavy atom. The van der Waals surface area contributed by atoms with Crippen LogP contribution in [-0.2, 0) is 4.74 Å². The molecule has 2 heteroatoms. The van der Waals surface area contributed by atoms with E-state index in [1.807, 2.05) is 0 Å². The van der Waals surface area contributed by atoms with E-state index in [1.165, 1.54) is 6.42 Å². The predicted octanol–water partition coefficient (Wildman–Crippen LogP) is 0.0893. The molecule has 0 radical (unpaired) electrons. The number of fused-ring (bicyclic) bond motifs is 2. The van der Waals surface area contributed by atoms with Crippen LogP contribution in [0.1, 0.15) is 6.42 Å². The van der Waals surface area contributed by atoms with E-state index in [-0.39, 0.29) is 0 Å². The molecular formula is C6H11NO. The van der Waals surface area contributed by atoms with Gasteiger partial charge in [0, 0.05) is 19.5 Å².